The van der Waals surface area contributed by atoms with E-state index in [-0.39, 0.29) is 23.2 Å². The molecule has 0 aliphatic carbocycles. The molecule has 180 valence electrons. The summed E-state index contributed by atoms with van der Waals surface area (Å²) in [7, 11) is 3.51. The first-order valence-corrected chi connectivity index (χ1v) is 12.1. The van der Waals surface area contributed by atoms with Gasteiger partial charge in [0.15, 0.2) is 0 Å². The Bertz CT molecular complexity index is 1060. The molecule has 1 aromatic carbocycles. The number of likely N-dealkylation sites (tertiary alicyclic amines) is 2. The lowest BCUT2D eigenvalue weighted by Gasteiger charge is -2.45. The monoisotopic (exact) mass is 465 g/mol. The Hall–Kier alpha value is -3.00. The highest BCUT2D eigenvalue weighted by Crippen LogP contribution is 2.48. The van der Waals surface area contributed by atoms with E-state index in [4.69, 9.17) is 0 Å². The van der Waals surface area contributed by atoms with E-state index in [1.165, 1.54) is 6.07 Å². The van der Waals surface area contributed by atoms with Crippen molar-refractivity contribution in [1.82, 2.24) is 19.7 Å². The summed E-state index contributed by atoms with van der Waals surface area (Å²) in [5.74, 6) is -0.239. The van der Waals surface area contributed by atoms with Gasteiger partial charge in [0.05, 0.1) is 0 Å². The second-order valence-electron chi connectivity index (χ2n) is 9.98. The summed E-state index contributed by atoms with van der Waals surface area (Å²) in [4.78, 5) is 37.6. The van der Waals surface area contributed by atoms with E-state index in [9.17, 15) is 14.0 Å². The zero-order valence-electron chi connectivity index (χ0n) is 19.9. The van der Waals surface area contributed by atoms with E-state index in [0.717, 1.165) is 63.1 Å². The van der Waals surface area contributed by atoms with Gasteiger partial charge in [-0.25, -0.2) is 9.18 Å². The molecule has 3 amide bonds. The maximum absolute atomic E-state index is 14.2. The van der Waals surface area contributed by atoms with Crippen molar-refractivity contribution < 1.29 is 14.0 Å². The predicted molar refractivity (Wildman–Crippen MR) is 128 cm³/mol. The average molecular weight is 466 g/mol. The molecule has 0 N–H and O–H groups in total. The van der Waals surface area contributed by atoms with Crippen molar-refractivity contribution in [1.29, 1.82) is 0 Å². The van der Waals surface area contributed by atoms with Gasteiger partial charge in [-0.2, -0.15) is 0 Å². The first-order valence-electron chi connectivity index (χ1n) is 12.1. The van der Waals surface area contributed by atoms with Crippen molar-refractivity contribution in [2.75, 3.05) is 51.7 Å². The molecule has 0 saturated carbocycles. The summed E-state index contributed by atoms with van der Waals surface area (Å²) in [5, 5.41) is 0. The second-order valence-corrected chi connectivity index (χ2v) is 9.98. The Kier molecular flexibility index (Phi) is 6.02. The molecule has 1 aromatic heterocycles. The molecule has 2 saturated heterocycles. The summed E-state index contributed by atoms with van der Waals surface area (Å²) in [6.45, 7) is 3.91. The van der Waals surface area contributed by atoms with Crippen molar-refractivity contribution in [2.24, 2.45) is 0 Å². The summed E-state index contributed by atoms with van der Waals surface area (Å²) < 4.78 is 14.2. The van der Waals surface area contributed by atoms with E-state index in [1.54, 1.807) is 43.4 Å². The number of pyridine rings is 1. The third-order valence-corrected chi connectivity index (χ3v) is 7.80. The zero-order chi connectivity index (χ0) is 23.9. The molecule has 7 nitrogen and oxygen atoms in total. The molecule has 3 aliphatic heterocycles. The van der Waals surface area contributed by atoms with Gasteiger partial charge in [-0.15, -0.1) is 0 Å². The number of nitrogens with zero attached hydrogens (tertiary/aromatic N) is 5. The van der Waals surface area contributed by atoms with Gasteiger partial charge in [0.25, 0.3) is 5.91 Å². The van der Waals surface area contributed by atoms with Crippen LogP contribution in [0.4, 0.5) is 14.9 Å². The van der Waals surface area contributed by atoms with Gasteiger partial charge >= 0.3 is 6.03 Å². The number of hydrogen-bond donors (Lipinski definition) is 0. The van der Waals surface area contributed by atoms with Gasteiger partial charge in [-0.3, -0.25) is 14.7 Å². The molecule has 0 radical (unpaired) electrons. The van der Waals surface area contributed by atoms with Crippen LogP contribution in [0.25, 0.3) is 0 Å². The lowest BCUT2D eigenvalue weighted by Crippen LogP contribution is -2.52. The van der Waals surface area contributed by atoms with Crippen LogP contribution < -0.4 is 4.90 Å². The number of fused-ring (bicyclic) bond motifs is 2. The quantitative estimate of drug-likeness (QED) is 0.683. The fourth-order valence-electron chi connectivity index (χ4n) is 5.88. The Morgan fingerprint density at radius 2 is 1.79 bits per heavy atom. The van der Waals surface area contributed by atoms with Crippen LogP contribution in [-0.4, -0.2) is 84.5 Å². The van der Waals surface area contributed by atoms with Gasteiger partial charge in [0, 0.05) is 57.1 Å². The Labute approximate surface area is 200 Å². The molecule has 2 aromatic rings. The highest BCUT2D eigenvalue weighted by atomic mass is 19.1. The minimum Gasteiger partial charge on any atom is -0.337 e. The van der Waals surface area contributed by atoms with E-state index >= 15 is 0 Å². The average Bonchev–Trinajstić information content (AvgIpc) is 3.17. The van der Waals surface area contributed by atoms with Crippen LogP contribution in [0, 0.1) is 5.82 Å². The third-order valence-electron chi connectivity index (χ3n) is 7.80. The number of urea groups is 1. The minimum atomic E-state index is -0.246. The predicted octanol–water partition coefficient (Wildman–Crippen LogP) is 3.36. The number of halogens is 1. The first kappa shape index (κ1) is 22.8. The number of amides is 3. The fourth-order valence-corrected chi connectivity index (χ4v) is 5.88. The minimum absolute atomic E-state index is 0.00638. The van der Waals surface area contributed by atoms with Crippen LogP contribution >= 0.6 is 0 Å². The molecular formula is C26H32FN5O2. The number of aromatic nitrogens is 1. The van der Waals surface area contributed by atoms with Gasteiger partial charge in [-0.05, 0) is 74.7 Å². The molecule has 1 spiro atoms. The van der Waals surface area contributed by atoms with Crippen molar-refractivity contribution in [3.05, 3.63) is 59.7 Å². The van der Waals surface area contributed by atoms with E-state index in [1.807, 2.05) is 21.9 Å². The first-order chi connectivity index (χ1) is 16.4. The van der Waals surface area contributed by atoms with Crippen molar-refractivity contribution >= 4 is 17.6 Å². The van der Waals surface area contributed by atoms with Gasteiger partial charge < -0.3 is 14.7 Å². The molecule has 0 atom stereocenters. The normalized spacial score (nSPS) is 20.4. The van der Waals surface area contributed by atoms with Gasteiger partial charge in [0.1, 0.15) is 11.5 Å². The third kappa shape index (κ3) is 4.04. The summed E-state index contributed by atoms with van der Waals surface area (Å²) >= 11 is 0. The molecular weight excluding hydrogens is 433 g/mol. The summed E-state index contributed by atoms with van der Waals surface area (Å²) in [6, 6.07) is 10.6. The highest BCUT2D eigenvalue weighted by Gasteiger charge is 2.47. The van der Waals surface area contributed by atoms with Crippen LogP contribution in [-0.2, 0) is 5.41 Å². The number of carbonyl (C=O) groups is 2. The second kappa shape index (κ2) is 8.98. The van der Waals surface area contributed by atoms with Crippen LogP contribution in [0.15, 0.2) is 42.6 Å². The zero-order valence-corrected chi connectivity index (χ0v) is 19.9. The van der Waals surface area contributed by atoms with Gasteiger partial charge in [-0.1, -0.05) is 6.07 Å². The number of anilines is 1. The number of hydrogen-bond acceptors (Lipinski definition) is 4. The fraction of sp³-hybridized carbons (Fsp3) is 0.500. The van der Waals surface area contributed by atoms with Crippen LogP contribution in [0.5, 0.6) is 0 Å². The lowest BCUT2D eigenvalue weighted by atomic mass is 9.74. The van der Waals surface area contributed by atoms with Crippen molar-refractivity contribution in [2.45, 2.75) is 37.1 Å². The SMILES string of the molecule is CN(C)C(=O)N1CC2(CCN(C3CCN(C(=O)c4ccccn4)CC3)CC2)c2cc(F)ccc21. The van der Waals surface area contributed by atoms with Crippen molar-refractivity contribution in [3.63, 3.8) is 0 Å². The van der Waals surface area contributed by atoms with E-state index in [0.29, 0.717) is 18.3 Å². The molecule has 0 bridgehead atoms. The molecule has 0 unspecified atom stereocenters. The summed E-state index contributed by atoms with van der Waals surface area (Å²) in [5.41, 5.74) is 2.12. The number of rotatable bonds is 2. The largest absolute Gasteiger partial charge is 0.337 e. The Morgan fingerprint density at radius 1 is 1.06 bits per heavy atom. The smallest absolute Gasteiger partial charge is 0.323 e. The van der Waals surface area contributed by atoms with Crippen LogP contribution in [0.3, 0.4) is 0 Å². The molecule has 2 fully saturated rings. The van der Waals surface area contributed by atoms with Gasteiger partial charge in [0.2, 0.25) is 0 Å². The standard InChI is InChI=1S/C26H32FN5O2/c1-29(2)25(34)32-18-26(21-17-19(27)6-7-23(21)32)10-15-30(16-11-26)20-8-13-31(14-9-20)24(33)22-5-3-4-12-28-22/h3-7,12,17,20H,8-11,13-16,18H2,1-2H3. The molecule has 3 aliphatic rings. The maximum atomic E-state index is 14.2. The number of piperidine rings is 2. The molecule has 8 heteroatoms. The number of carbonyl (C=O) groups excluding carboxylic acids is 2. The van der Waals surface area contributed by atoms with Crippen molar-refractivity contribution in [3.8, 4) is 0 Å². The van der Waals surface area contributed by atoms with Crippen LogP contribution in [0.1, 0.15) is 41.7 Å². The lowest BCUT2D eigenvalue weighted by molar-refractivity contribution is 0.0526. The Morgan fingerprint density at radius 3 is 2.44 bits per heavy atom. The van der Waals surface area contributed by atoms with Crippen LogP contribution in [0.2, 0.25) is 0 Å². The maximum Gasteiger partial charge on any atom is 0.323 e. The molecule has 5 rings (SSSR count). The summed E-state index contributed by atoms with van der Waals surface area (Å²) in [6.07, 6.45) is 5.34. The molecule has 34 heavy (non-hydrogen) atoms. The Balaban J connectivity index is 1.23. The number of benzene rings is 1. The molecule has 4 heterocycles. The highest BCUT2D eigenvalue weighted by molar-refractivity contribution is 5.95. The van der Waals surface area contributed by atoms with E-state index in [2.05, 4.69) is 9.88 Å². The topological polar surface area (TPSA) is 60.0 Å². The van der Waals surface area contributed by atoms with E-state index < -0.39 is 0 Å².